The van der Waals surface area contributed by atoms with Crippen LogP contribution in [0.15, 0.2) is 46.9 Å². The van der Waals surface area contributed by atoms with Crippen molar-refractivity contribution in [2.75, 3.05) is 13.2 Å². The number of benzene rings is 2. The number of halogens is 2. The highest BCUT2D eigenvalue weighted by atomic mass is 79.9. The first-order valence-corrected chi connectivity index (χ1v) is 8.33. The Labute approximate surface area is 142 Å². The molecule has 1 spiro atoms. The summed E-state index contributed by atoms with van der Waals surface area (Å²) in [6, 6.07) is 13.7. The molecule has 0 radical (unpaired) electrons. The monoisotopic (exact) mass is 380 g/mol. The van der Waals surface area contributed by atoms with Crippen molar-refractivity contribution in [2.24, 2.45) is 0 Å². The summed E-state index contributed by atoms with van der Waals surface area (Å²) >= 11 is 9.62. The van der Waals surface area contributed by atoms with E-state index in [1.165, 1.54) is 0 Å². The van der Waals surface area contributed by atoms with E-state index in [0.717, 1.165) is 21.3 Å². The maximum atomic E-state index is 6.18. The third kappa shape index (κ3) is 2.44. The molecule has 1 unspecified atom stereocenters. The molecule has 1 saturated heterocycles. The standard InChI is InChI=1S/C17H14BrClO3/c18-12-4-5-15-14(9-12)17(20-6-7-21-17)10-16(22-15)11-2-1-3-13(19)8-11/h1-5,8-9,16H,6-7,10H2. The molecule has 3 nitrogen and oxygen atoms in total. The van der Waals surface area contributed by atoms with Gasteiger partial charge in [0.15, 0.2) is 0 Å². The minimum absolute atomic E-state index is 0.148. The lowest BCUT2D eigenvalue weighted by Gasteiger charge is -2.38. The summed E-state index contributed by atoms with van der Waals surface area (Å²) in [6.45, 7) is 1.18. The smallest absolute Gasteiger partial charge is 0.202 e. The third-order valence-corrected chi connectivity index (χ3v) is 4.78. The SMILES string of the molecule is Clc1cccc(C2CC3(OCCO3)c3cc(Br)ccc3O2)c1. The second-order valence-electron chi connectivity index (χ2n) is 5.46. The molecule has 2 heterocycles. The van der Waals surface area contributed by atoms with E-state index in [2.05, 4.69) is 15.9 Å². The van der Waals surface area contributed by atoms with Crippen molar-refractivity contribution in [3.63, 3.8) is 0 Å². The van der Waals surface area contributed by atoms with E-state index in [1.807, 2.05) is 42.5 Å². The number of hydrogen-bond donors (Lipinski definition) is 0. The van der Waals surface area contributed by atoms with Crippen LogP contribution in [0.5, 0.6) is 5.75 Å². The summed E-state index contributed by atoms with van der Waals surface area (Å²) < 4.78 is 19.1. The molecule has 2 aromatic carbocycles. The highest BCUT2D eigenvalue weighted by molar-refractivity contribution is 9.10. The molecule has 0 N–H and O–H groups in total. The van der Waals surface area contributed by atoms with E-state index in [0.29, 0.717) is 24.7 Å². The molecular weight excluding hydrogens is 368 g/mol. The van der Waals surface area contributed by atoms with Crippen LogP contribution in [0.4, 0.5) is 0 Å². The maximum Gasteiger partial charge on any atom is 0.202 e. The lowest BCUT2D eigenvalue weighted by Crippen LogP contribution is -2.35. The van der Waals surface area contributed by atoms with Crippen molar-refractivity contribution in [3.8, 4) is 5.75 Å². The third-order valence-electron chi connectivity index (χ3n) is 4.05. The van der Waals surface area contributed by atoms with Crippen LogP contribution in [-0.2, 0) is 15.3 Å². The number of hydrogen-bond acceptors (Lipinski definition) is 3. The van der Waals surface area contributed by atoms with Crippen molar-refractivity contribution >= 4 is 27.5 Å². The van der Waals surface area contributed by atoms with Gasteiger partial charge < -0.3 is 14.2 Å². The van der Waals surface area contributed by atoms with Crippen LogP contribution in [0.3, 0.4) is 0 Å². The topological polar surface area (TPSA) is 27.7 Å². The Morgan fingerprint density at radius 3 is 2.68 bits per heavy atom. The lowest BCUT2D eigenvalue weighted by atomic mass is 9.92. The highest BCUT2D eigenvalue weighted by Crippen LogP contribution is 2.49. The number of rotatable bonds is 1. The first-order chi connectivity index (χ1) is 10.7. The van der Waals surface area contributed by atoms with Crippen LogP contribution in [0.25, 0.3) is 0 Å². The fourth-order valence-electron chi connectivity index (χ4n) is 3.07. The Morgan fingerprint density at radius 2 is 1.91 bits per heavy atom. The Hall–Kier alpha value is -1.07. The van der Waals surface area contributed by atoms with Gasteiger partial charge in [0.05, 0.1) is 18.8 Å². The van der Waals surface area contributed by atoms with E-state index in [4.69, 9.17) is 25.8 Å². The van der Waals surface area contributed by atoms with Gasteiger partial charge in [0, 0.05) is 15.9 Å². The predicted molar refractivity (Wildman–Crippen MR) is 87.2 cm³/mol. The van der Waals surface area contributed by atoms with Gasteiger partial charge in [0.1, 0.15) is 11.9 Å². The summed E-state index contributed by atoms with van der Waals surface area (Å²) in [6.07, 6.45) is 0.460. The molecule has 0 saturated carbocycles. The fraction of sp³-hybridized carbons (Fsp3) is 0.294. The van der Waals surface area contributed by atoms with Crippen LogP contribution < -0.4 is 4.74 Å². The molecule has 1 atom stereocenters. The van der Waals surface area contributed by atoms with Gasteiger partial charge >= 0.3 is 0 Å². The van der Waals surface area contributed by atoms with Gasteiger partial charge in [-0.15, -0.1) is 0 Å². The van der Waals surface area contributed by atoms with Gasteiger partial charge in [-0.2, -0.15) is 0 Å². The summed E-state index contributed by atoms with van der Waals surface area (Å²) in [5, 5.41) is 0.699. The van der Waals surface area contributed by atoms with Crippen LogP contribution >= 0.6 is 27.5 Å². The summed E-state index contributed by atoms with van der Waals surface area (Å²) in [7, 11) is 0. The van der Waals surface area contributed by atoms with E-state index in [9.17, 15) is 0 Å². The molecule has 0 aromatic heterocycles. The largest absolute Gasteiger partial charge is 0.485 e. The van der Waals surface area contributed by atoms with Crippen molar-refractivity contribution in [3.05, 3.63) is 63.1 Å². The quantitative estimate of drug-likeness (QED) is 0.708. The van der Waals surface area contributed by atoms with Gasteiger partial charge in [-0.05, 0) is 35.9 Å². The summed E-state index contributed by atoms with van der Waals surface area (Å²) in [5.74, 6) is 0.0611. The van der Waals surface area contributed by atoms with Crippen molar-refractivity contribution in [2.45, 2.75) is 18.3 Å². The molecule has 0 amide bonds. The minimum Gasteiger partial charge on any atom is -0.485 e. The van der Waals surface area contributed by atoms with E-state index < -0.39 is 5.79 Å². The van der Waals surface area contributed by atoms with Gasteiger partial charge in [-0.1, -0.05) is 39.7 Å². The molecule has 0 aliphatic carbocycles. The van der Waals surface area contributed by atoms with Crippen LogP contribution in [0.1, 0.15) is 23.7 Å². The first kappa shape index (κ1) is 14.5. The average Bonchev–Trinajstić information content (AvgIpc) is 2.97. The second kappa shape index (κ2) is 5.53. The van der Waals surface area contributed by atoms with Crippen LogP contribution in [-0.4, -0.2) is 13.2 Å². The summed E-state index contributed by atoms with van der Waals surface area (Å²) in [4.78, 5) is 0. The Kier molecular flexibility index (Phi) is 3.65. The van der Waals surface area contributed by atoms with Gasteiger partial charge in [-0.25, -0.2) is 0 Å². The number of ether oxygens (including phenoxy) is 3. The highest BCUT2D eigenvalue weighted by Gasteiger charge is 2.47. The molecule has 1 fully saturated rings. The predicted octanol–water partition coefficient (Wildman–Crippen LogP) is 4.83. The minimum atomic E-state index is -0.732. The van der Waals surface area contributed by atoms with Crippen molar-refractivity contribution in [1.29, 1.82) is 0 Å². The second-order valence-corrected chi connectivity index (χ2v) is 6.81. The van der Waals surface area contributed by atoms with Crippen LogP contribution in [0.2, 0.25) is 5.02 Å². The molecule has 2 aliphatic heterocycles. The van der Waals surface area contributed by atoms with E-state index >= 15 is 0 Å². The zero-order chi connectivity index (χ0) is 15.2. The van der Waals surface area contributed by atoms with Gasteiger partial charge in [0.2, 0.25) is 5.79 Å². The Bertz CT molecular complexity index is 713. The molecule has 4 rings (SSSR count). The molecule has 2 aromatic rings. The summed E-state index contributed by atoms with van der Waals surface area (Å²) in [5.41, 5.74) is 1.97. The van der Waals surface area contributed by atoms with E-state index in [1.54, 1.807) is 0 Å². The molecule has 114 valence electrons. The fourth-order valence-corrected chi connectivity index (χ4v) is 3.63. The average molecular weight is 382 g/mol. The maximum absolute atomic E-state index is 6.18. The Balaban J connectivity index is 1.79. The lowest BCUT2D eigenvalue weighted by molar-refractivity contribution is -0.195. The van der Waals surface area contributed by atoms with Gasteiger partial charge in [0.25, 0.3) is 0 Å². The molecular formula is C17H14BrClO3. The molecule has 5 heteroatoms. The van der Waals surface area contributed by atoms with Gasteiger partial charge in [-0.3, -0.25) is 0 Å². The van der Waals surface area contributed by atoms with Crippen molar-refractivity contribution < 1.29 is 14.2 Å². The molecule has 0 bridgehead atoms. The zero-order valence-corrected chi connectivity index (χ0v) is 14.1. The molecule has 2 aliphatic rings. The van der Waals surface area contributed by atoms with Crippen LogP contribution in [0, 0.1) is 0 Å². The Morgan fingerprint density at radius 1 is 1.09 bits per heavy atom. The van der Waals surface area contributed by atoms with Crippen molar-refractivity contribution in [1.82, 2.24) is 0 Å². The zero-order valence-electron chi connectivity index (χ0n) is 11.7. The molecule has 22 heavy (non-hydrogen) atoms. The number of fused-ring (bicyclic) bond motifs is 2. The van der Waals surface area contributed by atoms with E-state index in [-0.39, 0.29) is 6.10 Å². The first-order valence-electron chi connectivity index (χ1n) is 7.16. The normalized spacial score (nSPS) is 22.4.